The van der Waals surface area contributed by atoms with Gasteiger partial charge in [0.1, 0.15) is 4.90 Å². The molecule has 1 aromatic rings. The predicted molar refractivity (Wildman–Crippen MR) is 81.2 cm³/mol. The van der Waals surface area contributed by atoms with Crippen LogP contribution in [0.25, 0.3) is 0 Å². The van der Waals surface area contributed by atoms with Gasteiger partial charge in [0, 0.05) is 13.1 Å². The lowest BCUT2D eigenvalue weighted by molar-refractivity contribution is 0.546. The van der Waals surface area contributed by atoms with Crippen LogP contribution >= 0.6 is 11.8 Å². The number of rotatable bonds is 6. The highest BCUT2D eigenvalue weighted by Gasteiger charge is 2.21. The molecule has 19 heavy (non-hydrogen) atoms. The van der Waals surface area contributed by atoms with Gasteiger partial charge < -0.3 is 5.32 Å². The van der Waals surface area contributed by atoms with Gasteiger partial charge in [0.2, 0.25) is 10.0 Å². The zero-order valence-corrected chi connectivity index (χ0v) is 12.7. The fraction of sp³-hybridized carbons (Fsp3) is 0.538. The topological polar surface area (TPSA) is 58.2 Å². The third kappa shape index (κ3) is 3.87. The van der Waals surface area contributed by atoms with Crippen LogP contribution in [0.15, 0.2) is 29.2 Å². The fourth-order valence-electron chi connectivity index (χ4n) is 2.09. The number of para-hydroxylation sites is 1. The van der Waals surface area contributed by atoms with E-state index in [1.807, 2.05) is 24.8 Å². The number of benzene rings is 1. The van der Waals surface area contributed by atoms with E-state index in [4.69, 9.17) is 0 Å². The van der Waals surface area contributed by atoms with Gasteiger partial charge in [-0.1, -0.05) is 12.1 Å². The van der Waals surface area contributed by atoms with Crippen molar-refractivity contribution in [1.82, 2.24) is 4.72 Å². The van der Waals surface area contributed by atoms with Crippen LogP contribution in [0.4, 0.5) is 5.69 Å². The van der Waals surface area contributed by atoms with Crippen LogP contribution in [-0.2, 0) is 10.0 Å². The van der Waals surface area contributed by atoms with E-state index in [1.165, 1.54) is 0 Å². The monoisotopic (exact) mass is 300 g/mol. The summed E-state index contributed by atoms with van der Waals surface area (Å²) in [5, 5.41) is 3.09. The molecule has 1 unspecified atom stereocenters. The maximum Gasteiger partial charge on any atom is 0.242 e. The van der Waals surface area contributed by atoms with Gasteiger partial charge in [-0.05, 0) is 42.9 Å². The third-order valence-electron chi connectivity index (χ3n) is 3.13. The Balaban J connectivity index is 2.09. The fourth-order valence-corrected chi connectivity index (χ4v) is 4.67. The van der Waals surface area contributed by atoms with Crippen LogP contribution in [-0.4, -0.2) is 33.0 Å². The number of nitrogens with one attached hydrogen (secondary N) is 2. The zero-order valence-electron chi connectivity index (χ0n) is 11.1. The summed E-state index contributed by atoms with van der Waals surface area (Å²) in [4.78, 5) is 0.336. The molecule has 1 saturated heterocycles. The molecule has 0 aromatic heterocycles. The molecule has 0 amide bonds. The SMILES string of the molecule is CCNc1ccccc1S(=O)(=O)NCC1CCSC1. The van der Waals surface area contributed by atoms with Crippen LogP contribution < -0.4 is 10.0 Å². The van der Waals surface area contributed by atoms with Crippen molar-refractivity contribution in [3.8, 4) is 0 Å². The Kier molecular flexibility index (Phi) is 5.13. The van der Waals surface area contributed by atoms with Crippen LogP contribution in [0.2, 0.25) is 0 Å². The lowest BCUT2D eigenvalue weighted by Crippen LogP contribution is -2.30. The van der Waals surface area contributed by atoms with Crippen molar-refractivity contribution in [1.29, 1.82) is 0 Å². The molecule has 0 radical (unpaired) electrons. The Morgan fingerprint density at radius 2 is 2.16 bits per heavy atom. The van der Waals surface area contributed by atoms with Crippen LogP contribution in [0.1, 0.15) is 13.3 Å². The second-order valence-corrected chi connectivity index (χ2v) is 7.49. The van der Waals surface area contributed by atoms with E-state index >= 15 is 0 Å². The van der Waals surface area contributed by atoms with E-state index in [9.17, 15) is 8.42 Å². The van der Waals surface area contributed by atoms with Gasteiger partial charge in [-0.2, -0.15) is 11.8 Å². The summed E-state index contributed by atoms with van der Waals surface area (Å²) in [7, 11) is -3.42. The number of anilines is 1. The van der Waals surface area contributed by atoms with E-state index < -0.39 is 10.0 Å². The van der Waals surface area contributed by atoms with Crippen molar-refractivity contribution >= 4 is 27.5 Å². The maximum absolute atomic E-state index is 12.3. The molecule has 0 bridgehead atoms. The zero-order chi connectivity index (χ0) is 13.7. The van der Waals surface area contributed by atoms with Crippen molar-refractivity contribution in [3.05, 3.63) is 24.3 Å². The summed E-state index contributed by atoms with van der Waals surface area (Å²) in [5.74, 6) is 2.66. The lowest BCUT2D eigenvalue weighted by atomic mass is 10.1. The summed E-state index contributed by atoms with van der Waals surface area (Å²) in [6.07, 6.45) is 1.10. The molecule has 2 rings (SSSR count). The number of sulfonamides is 1. The first kappa shape index (κ1) is 14.7. The molecule has 6 heteroatoms. The largest absolute Gasteiger partial charge is 0.384 e. The Morgan fingerprint density at radius 1 is 1.37 bits per heavy atom. The van der Waals surface area contributed by atoms with Crippen molar-refractivity contribution < 1.29 is 8.42 Å². The quantitative estimate of drug-likeness (QED) is 0.845. The minimum Gasteiger partial charge on any atom is -0.384 e. The molecular weight excluding hydrogens is 280 g/mol. The first-order valence-corrected chi connectivity index (χ1v) is 9.17. The van der Waals surface area contributed by atoms with Crippen molar-refractivity contribution in [2.45, 2.75) is 18.2 Å². The smallest absolute Gasteiger partial charge is 0.242 e. The van der Waals surface area contributed by atoms with Crippen LogP contribution in [0.5, 0.6) is 0 Å². The highest BCUT2D eigenvalue weighted by Crippen LogP contribution is 2.24. The predicted octanol–water partition coefficient (Wildman–Crippen LogP) is 2.15. The van der Waals surface area contributed by atoms with E-state index in [-0.39, 0.29) is 0 Å². The highest BCUT2D eigenvalue weighted by atomic mass is 32.2. The normalized spacial score (nSPS) is 19.5. The van der Waals surface area contributed by atoms with E-state index in [0.29, 0.717) is 29.6 Å². The summed E-state index contributed by atoms with van der Waals surface area (Å²) < 4.78 is 27.4. The second-order valence-electron chi connectivity index (χ2n) is 4.61. The molecule has 106 valence electrons. The molecule has 0 saturated carbocycles. The average molecular weight is 300 g/mol. The van der Waals surface area contributed by atoms with E-state index in [0.717, 1.165) is 17.9 Å². The van der Waals surface area contributed by atoms with E-state index in [1.54, 1.807) is 18.2 Å². The minimum atomic E-state index is -3.42. The Morgan fingerprint density at radius 3 is 2.84 bits per heavy atom. The summed E-state index contributed by atoms with van der Waals surface area (Å²) in [6.45, 7) is 3.19. The van der Waals surface area contributed by atoms with Crippen molar-refractivity contribution in [2.24, 2.45) is 5.92 Å². The van der Waals surface area contributed by atoms with Crippen LogP contribution in [0, 0.1) is 5.92 Å². The second kappa shape index (κ2) is 6.63. The maximum atomic E-state index is 12.3. The summed E-state index contributed by atoms with van der Waals surface area (Å²) in [5.41, 5.74) is 0.665. The van der Waals surface area contributed by atoms with Crippen molar-refractivity contribution in [2.75, 3.05) is 29.9 Å². The molecule has 4 nitrogen and oxygen atoms in total. The molecular formula is C13H20N2O2S2. The highest BCUT2D eigenvalue weighted by molar-refractivity contribution is 7.99. The van der Waals surface area contributed by atoms with Gasteiger partial charge in [-0.25, -0.2) is 13.1 Å². The molecule has 1 aromatic carbocycles. The first-order chi connectivity index (χ1) is 9.13. The van der Waals surface area contributed by atoms with Gasteiger partial charge in [-0.15, -0.1) is 0 Å². The molecule has 1 atom stereocenters. The molecule has 1 fully saturated rings. The lowest BCUT2D eigenvalue weighted by Gasteiger charge is -2.14. The standard InChI is InChI=1S/C13H20N2O2S2/c1-2-14-12-5-3-4-6-13(12)19(16,17)15-9-11-7-8-18-10-11/h3-6,11,14-15H,2,7-10H2,1H3. The Hall–Kier alpha value is -0.720. The first-order valence-electron chi connectivity index (χ1n) is 6.54. The Labute approximate surface area is 119 Å². The summed E-state index contributed by atoms with van der Waals surface area (Å²) >= 11 is 1.89. The number of hydrogen-bond acceptors (Lipinski definition) is 4. The number of hydrogen-bond donors (Lipinski definition) is 2. The Bertz CT molecular complexity index is 511. The van der Waals surface area contributed by atoms with Gasteiger partial charge in [0.25, 0.3) is 0 Å². The van der Waals surface area contributed by atoms with Crippen molar-refractivity contribution in [3.63, 3.8) is 0 Å². The van der Waals surface area contributed by atoms with Crippen LogP contribution in [0.3, 0.4) is 0 Å². The molecule has 1 aliphatic heterocycles. The van der Waals surface area contributed by atoms with Gasteiger partial charge in [-0.3, -0.25) is 0 Å². The average Bonchev–Trinajstić information content (AvgIpc) is 2.91. The molecule has 2 N–H and O–H groups in total. The van der Waals surface area contributed by atoms with Gasteiger partial charge >= 0.3 is 0 Å². The van der Waals surface area contributed by atoms with Gasteiger partial charge in [0.15, 0.2) is 0 Å². The third-order valence-corrected chi connectivity index (χ3v) is 5.84. The molecule has 1 aliphatic rings. The minimum absolute atomic E-state index is 0.336. The van der Waals surface area contributed by atoms with Gasteiger partial charge in [0.05, 0.1) is 5.69 Å². The summed E-state index contributed by atoms with van der Waals surface area (Å²) in [6, 6.07) is 7.03. The molecule has 0 spiro atoms. The van der Waals surface area contributed by atoms with E-state index in [2.05, 4.69) is 10.0 Å². The number of thioether (sulfide) groups is 1. The molecule has 0 aliphatic carbocycles. The molecule has 1 heterocycles.